The number of carbonyl (C=O) groups is 1. The molecule has 1 saturated heterocycles. The Hall–Kier alpha value is -2.28. The number of hydrogen-bond donors (Lipinski definition) is 1. The number of carbonyl (C=O) groups excluding carboxylic acids is 1. The monoisotopic (exact) mass is 335 g/mol. The summed E-state index contributed by atoms with van der Waals surface area (Å²) >= 11 is 5.89. The summed E-state index contributed by atoms with van der Waals surface area (Å²) in [5, 5.41) is 7.30. The number of aromatic nitrogens is 3. The number of H-pyrrole nitrogens is 1. The van der Waals surface area contributed by atoms with Crippen LogP contribution in [0.2, 0.25) is 5.02 Å². The molecule has 1 N–H and O–H groups in total. The van der Waals surface area contributed by atoms with E-state index in [2.05, 4.69) is 20.1 Å². The van der Waals surface area contributed by atoms with Crippen LogP contribution in [0.4, 0.5) is 5.95 Å². The maximum absolute atomic E-state index is 12.2. The van der Waals surface area contributed by atoms with Crippen molar-refractivity contribution < 1.29 is 9.53 Å². The Kier molecular flexibility index (Phi) is 4.97. The highest BCUT2D eigenvalue weighted by atomic mass is 35.5. The quantitative estimate of drug-likeness (QED) is 0.898. The molecule has 1 aromatic heterocycles. The zero-order valence-electron chi connectivity index (χ0n) is 12.6. The van der Waals surface area contributed by atoms with Crippen LogP contribution in [-0.4, -0.2) is 58.8 Å². The molecule has 0 aliphatic carbocycles. The molecule has 1 aliphatic heterocycles. The summed E-state index contributed by atoms with van der Waals surface area (Å²) in [5.74, 6) is 1.53. The molecule has 122 valence electrons. The van der Waals surface area contributed by atoms with E-state index in [0.29, 0.717) is 36.9 Å². The molecule has 0 spiro atoms. The van der Waals surface area contributed by atoms with Crippen LogP contribution in [0.5, 0.6) is 5.75 Å². The number of halogens is 1. The lowest BCUT2D eigenvalue weighted by Gasteiger charge is -2.34. The zero-order valence-corrected chi connectivity index (χ0v) is 13.4. The second-order valence-electron chi connectivity index (χ2n) is 5.23. The van der Waals surface area contributed by atoms with Crippen LogP contribution in [0.15, 0.2) is 30.6 Å². The van der Waals surface area contributed by atoms with Gasteiger partial charge in [-0.05, 0) is 18.2 Å². The van der Waals surface area contributed by atoms with E-state index < -0.39 is 0 Å². The van der Waals surface area contributed by atoms with Gasteiger partial charge < -0.3 is 14.5 Å². The van der Waals surface area contributed by atoms with Crippen molar-refractivity contribution in [1.82, 2.24) is 20.1 Å². The number of benzene rings is 1. The van der Waals surface area contributed by atoms with E-state index in [-0.39, 0.29) is 5.91 Å². The molecule has 2 heterocycles. The summed E-state index contributed by atoms with van der Waals surface area (Å²) in [7, 11) is 0. The molecule has 1 fully saturated rings. The molecule has 0 bridgehead atoms. The van der Waals surface area contributed by atoms with E-state index in [0.717, 1.165) is 19.0 Å². The topological polar surface area (TPSA) is 74.3 Å². The smallest absolute Gasteiger partial charge is 0.226 e. The fourth-order valence-electron chi connectivity index (χ4n) is 2.49. The summed E-state index contributed by atoms with van der Waals surface area (Å²) in [5.41, 5.74) is 0. The fraction of sp³-hybridized carbons (Fsp3) is 0.400. The Bertz CT molecular complexity index is 641. The van der Waals surface area contributed by atoms with Crippen molar-refractivity contribution >= 4 is 23.5 Å². The van der Waals surface area contributed by atoms with Crippen LogP contribution >= 0.6 is 11.6 Å². The Morgan fingerprint density at radius 2 is 2.13 bits per heavy atom. The molecule has 0 unspecified atom stereocenters. The number of anilines is 1. The minimum absolute atomic E-state index is 0.101. The van der Waals surface area contributed by atoms with Gasteiger partial charge in [-0.2, -0.15) is 10.1 Å². The van der Waals surface area contributed by atoms with Crippen molar-refractivity contribution in [2.24, 2.45) is 0 Å². The molecular weight excluding hydrogens is 318 g/mol. The molecule has 0 radical (unpaired) electrons. The molecular formula is C15H18ClN5O2. The lowest BCUT2D eigenvalue weighted by atomic mass is 10.3. The third-order valence-corrected chi connectivity index (χ3v) is 3.95. The second-order valence-corrected chi connectivity index (χ2v) is 5.67. The molecule has 8 heteroatoms. The van der Waals surface area contributed by atoms with Crippen LogP contribution in [0.1, 0.15) is 6.42 Å². The highest BCUT2D eigenvalue weighted by Crippen LogP contribution is 2.17. The molecule has 3 rings (SSSR count). The molecule has 23 heavy (non-hydrogen) atoms. The van der Waals surface area contributed by atoms with Crippen LogP contribution in [0.3, 0.4) is 0 Å². The number of nitrogens with one attached hydrogen (secondary N) is 1. The van der Waals surface area contributed by atoms with Gasteiger partial charge in [0.25, 0.3) is 0 Å². The Labute approximate surface area is 139 Å². The first kappa shape index (κ1) is 15.6. The van der Waals surface area contributed by atoms with Gasteiger partial charge in [-0.15, -0.1) is 0 Å². The zero-order chi connectivity index (χ0) is 16.1. The highest BCUT2D eigenvalue weighted by molar-refractivity contribution is 6.30. The van der Waals surface area contributed by atoms with E-state index in [1.807, 2.05) is 17.0 Å². The van der Waals surface area contributed by atoms with Crippen LogP contribution < -0.4 is 9.64 Å². The molecule has 0 atom stereocenters. The van der Waals surface area contributed by atoms with Gasteiger partial charge in [0.1, 0.15) is 12.1 Å². The lowest BCUT2D eigenvalue weighted by molar-refractivity contribution is -0.132. The van der Waals surface area contributed by atoms with Gasteiger partial charge in [0.05, 0.1) is 13.0 Å². The first-order valence-corrected chi connectivity index (χ1v) is 7.86. The van der Waals surface area contributed by atoms with E-state index >= 15 is 0 Å². The minimum atomic E-state index is 0.101. The average molecular weight is 336 g/mol. The van der Waals surface area contributed by atoms with Crippen LogP contribution in [-0.2, 0) is 4.79 Å². The van der Waals surface area contributed by atoms with Crippen LogP contribution in [0, 0.1) is 0 Å². The molecule has 1 aromatic carbocycles. The van der Waals surface area contributed by atoms with Gasteiger partial charge >= 0.3 is 0 Å². The van der Waals surface area contributed by atoms with Gasteiger partial charge in [0, 0.05) is 31.2 Å². The van der Waals surface area contributed by atoms with Crippen molar-refractivity contribution in [3.8, 4) is 5.75 Å². The number of amides is 1. The van der Waals surface area contributed by atoms with Gasteiger partial charge in [-0.1, -0.05) is 17.7 Å². The predicted octanol–water partition coefficient (Wildman–Crippen LogP) is 1.58. The van der Waals surface area contributed by atoms with Crippen molar-refractivity contribution in [3.63, 3.8) is 0 Å². The van der Waals surface area contributed by atoms with Gasteiger partial charge in [-0.25, -0.2) is 5.10 Å². The Morgan fingerprint density at radius 1 is 1.30 bits per heavy atom. The summed E-state index contributed by atoms with van der Waals surface area (Å²) in [6, 6.07) is 7.17. The second kappa shape index (κ2) is 7.32. The largest absolute Gasteiger partial charge is 0.493 e. The van der Waals surface area contributed by atoms with E-state index in [4.69, 9.17) is 16.3 Å². The normalized spacial score (nSPS) is 14.8. The summed E-state index contributed by atoms with van der Waals surface area (Å²) < 4.78 is 5.56. The number of nitrogens with zero attached hydrogens (tertiary/aromatic N) is 4. The third kappa shape index (κ3) is 4.13. The van der Waals surface area contributed by atoms with Gasteiger partial charge in [0.15, 0.2) is 0 Å². The molecule has 2 aromatic rings. The van der Waals surface area contributed by atoms with Crippen LogP contribution in [0.25, 0.3) is 0 Å². The first-order valence-electron chi connectivity index (χ1n) is 7.49. The molecule has 0 saturated carbocycles. The number of hydrogen-bond acceptors (Lipinski definition) is 5. The summed E-state index contributed by atoms with van der Waals surface area (Å²) in [6.07, 6.45) is 1.84. The summed E-state index contributed by atoms with van der Waals surface area (Å²) in [6.45, 7) is 3.20. The third-order valence-electron chi connectivity index (χ3n) is 3.71. The predicted molar refractivity (Wildman–Crippen MR) is 86.7 cm³/mol. The van der Waals surface area contributed by atoms with Crippen molar-refractivity contribution in [2.75, 3.05) is 37.7 Å². The molecule has 1 amide bonds. The van der Waals surface area contributed by atoms with E-state index in [1.165, 1.54) is 6.33 Å². The van der Waals surface area contributed by atoms with E-state index in [1.54, 1.807) is 12.1 Å². The SMILES string of the molecule is O=C(CCOc1cccc(Cl)c1)N1CCN(c2ncn[nH]2)CC1. The van der Waals surface area contributed by atoms with Gasteiger partial charge in [0.2, 0.25) is 11.9 Å². The standard InChI is InChI=1S/C15H18ClN5O2/c16-12-2-1-3-13(10-12)23-9-4-14(22)20-5-7-21(8-6-20)15-17-11-18-19-15/h1-3,10-11H,4-9H2,(H,17,18,19). The van der Waals surface area contributed by atoms with Crippen molar-refractivity contribution in [3.05, 3.63) is 35.6 Å². The summed E-state index contributed by atoms with van der Waals surface area (Å²) in [4.78, 5) is 20.3. The minimum Gasteiger partial charge on any atom is -0.493 e. The van der Waals surface area contributed by atoms with Crippen molar-refractivity contribution in [1.29, 1.82) is 0 Å². The maximum Gasteiger partial charge on any atom is 0.226 e. The number of piperazine rings is 1. The van der Waals surface area contributed by atoms with Crippen molar-refractivity contribution in [2.45, 2.75) is 6.42 Å². The highest BCUT2D eigenvalue weighted by Gasteiger charge is 2.22. The average Bonchev–Trinajstić information content (AvgIpc) is 3.09. The fourth-order valence-corrected chi connectivity index (χ4v) is 2.67. The van der Waals surface area contributed by atoms with Gasteiger partial charge in [-0.3, -0.25) is 4.79 Å². The van der Waals surface area contributed by atoms with E-state index in [9.17, 15) is 4.79 Å². The Morgan fingerprint density at radius 3 is 2.83 bits per heavy atom. The number of aromatic amines is 1. The molecule has 7 nitrogen and oxygen atoms in total. The maximum atomic E-state index is 12.2. The molecule has 1 aliphatic rings. The number of ether oxygens (including phenoxy) is 1. The first-order chi connectivity index (χ1) is 11.2. The number of rotatable bonds is 5. The lowest BCUT2D eigenvalue weighted by Crippen LogP contribution is -2.49. The Balaban J connectivity index is 1.41.